The van der Waals surface area contributed by atoms with Gasteiger partial charge in [0.05, 0.1) is 6.04 Å². The summed E-state index contributed by atoms with van der Waals surface area (Å²) in [7, 11) is 1.90. The zero-order chi connectivity index (χ0) is 7.68. The van der Waals surface area contributed by atoms with Gasteiger partial charge in [-0.15, -0.1) is 0 Å². The van der Waals surface area contributed by atoms with Crippen LogP contribution in [0.3, 0.4) is 0 Å². The largest absolute Gasteiger partial charge is 0.372 e. The van der Waals surface area contributed by atoms with Gasteiger partial charge in [0, 0.05) is 19.3 Å². The van der Waals surface area contributed by atoms with Gasteiger partial charge in [0.15, 0.2) is 0 Å². The van der Waals surface area contributed by atoms with Crippen molar-refractivity contribution in [3.8, 4) is 0 Å². The van der Waals surface area contributed by atoms with Crippen LogP contribution in [0.1, 0.15) is 25.3 Å². The number of aromatic nitrogens is 2. The molecule has 1 saturated carbocycles. The van der Waals surface area contributed by atoms with Crippen LogP contribution in [0.5, 0.6) is 0 Å². The molecule has 1 aromatic heterocycles. The third kappa shape index (κ3) is 1.11. The highest BCUT2D eigenvalue weighted by Gasteiger charge is 2.19. The van der Waals surface area contributed by atoms with Gasteiger partial charge in [-0.05, 0) is 19.3 Å². The Kier molecular flexibility index (Phi) is 1.56. The highest BCUT2D eigenvalue weighted by atomic mass is 15.3. The zero-order valence-electron chi connectivity index (χ0n) is 6.75. The van der Waals surface area contributed by atoms with Crippen LogP contribution in [0.4, 0.5) is 5.82 Å². The van der Waals surface area contributed by atoms with Gasteiger partial charge in [0.2, 0.25) is 0 Å². The monoisotopic (exact) mass is 151 g/mol. The molecule has 2 rings (SSSR count). The molecule has 3 heteroatoms. The second-order valence-corrected chi connectivity index (χ2v) is 3.02. The molecule has 3 nitrogen and oxygen atoms in total. The Bertz CT molecular complexity index is 237. The molecule has 0 radical (unpaired) electrons. The lowest BCUT2D eigenvalue weighted by Gasteiger charge is -2.25. The maximum Gasteiger partial charge on any atom is 0.147 e. The van der Waals surface area contributed by atoms with E-state index in [2.05, 4.69) is 21.3 Å². The van der Waals surface area contributed by atoms with Crippen molar-refractivity contribution in [3.05, 3.63) is 12.3 Å². The minimum Gasteiger partial charge on any atom is -0.372 e. The smallest absolute Gasteiger partial charge is 0.147 e. The summed E-state index contributed by atoms with van der Waals surface area (Å²) in [6.07, 6.45) is 6.00. The molecule has 0 spiro atoms. The van der Waals surface area contributed by atoms with Gasteiger partial charge in [-0.2, -0.15) is 5.10 Å². The van der Waals surface area contributed by atoms with Crippen LogP contribution in [0.2, 0.25) is 0 Å². The molecule has 0 aliphatic heterocycles. The summed E-state index contributed by atoms with van der Waals surface area (Å²) < 4.78 is 2.06. The summed E-state index contributed by atoms with van der Waals surface area (Å²) >= 11 is 0. The fourth-order valence-electron chi connectivity index (χ4n) is 1.33. The first kappa shape index (κ1) is 6.70. The zero-order valence-corrected chi connectivity index (χ0v) is 6.75. The molecule has 1 aliphatic carbocycles. The van der Waals surface area contributed by atoms with Crippen molar-refractivity contribution in [3.63, 3.8) is 0 Å². The van der Waals surface area contributed by atoms with Gasteiger partial charge in [-0.1, -0.05) is 0 Å². The Morgan fingerprint density at radius 3 is 2.91 bits per heavy atom. The summed E-state index contributed by atoms with van der Waals surface area (Å²) in [6.45, 7) is 0. The number of nitrogens with one attached hydrogen (secondary N) is 1. The SMILES string of the molecule is CNc1ccn(C2CCC2)n1. The number of hydrogen-bond acceptors (Lipinski definition) is 2. The molecular formula is C8H13N3. The molecule has 0 saturated heterocycles. The molecule has 0 aromatic carbocycles. The third-order valence-corrected chi connectivity index (χ3v) is 2.31. The van der Waals surface area contributed by atoms with Crippen molar-refractivity contribution < 1.29 is 0 Å². The van der Waals surface area contributed by atoms with Crippen molar-refractivity contribution in [2.45, 2.75) is 25.3 Å². The van der Waals surface area contributed by atoms with Crippen LogP contribution in [0.15, 0.2) is 12.3 Å². The van der Waals surface area contributed by atoms with Gasteiger partial charge < -0.3 is 5.32 Å². The number of hydrogen-bond donors (Lipinski definition) is 1. The first-order chi connectivity index (χ1) is 5.40. The van der Waals surface area contributed by atoms with Crippen LogP contribution >= 0.6 is 0 Å². The molecule has 1 fully saturated rings. The lowest BCUT2D eigenvalue weighted by molar-refractivity contribution is 0.290. The lowest BCUT2D eigenvalue weighted by Crippen LogP contribution is -2.17. The Morgan fingerprint density at radius 1 is 1.64 bits per heavy atom. The maximum atomic E-state index is 4.36. The average molecular weight is 151 g/mol. The standard InChI is InChI=1S/C8H13N3/c1-9-8-5-6-11(10-8)7-3-2-4-7/h5-7H,2-4H2,1H3,(H,9,10). The Morgan fingerprint density at radius 2 is 2.45 bits per heavy atom. The van der Waals surface area contributed by atoms with E-state index in [1.54, 1.807) is 0 Å². The van der Waals surface area contributed by atoms with Gasteiger partial charge in [0.1, 0.15) is 5.82 Å². The Balaban J connectivity index is 2.11. The Hall–Kier alpha value is -0.990. The van der Waals surface area contributed by atoms with Gasteiger partial charge >= 0.3 is 0 Å². The maximum absolute atomic E-state index is 4.36. The minimum absolute atomic E-state index is 0.678. The van der Waals surface area contributed by atoms with Crippen LogP contribution in [0.25, 0.3) is 0 Å². The van der Waals surface area contributed by atoms with E-state index in [-0.39, 0.29) is 0 Å². The summed E-state index contributed by atoms with van der Waals surface area (Å²) in [5, 5.41) is 7.37. The second-order valence-electron chi connectivity index (χ2n) is 3.02. The molecule has 0 bridgehead atoms. The first-order valence-corrected chi connectivity index (χ1v) is 4.13. The molecule has 0 unspecified atom stereocenters. The number of rotatable bonds is 2. The van der Waals surface area contributed by atoms with Gasteiger partial charge in [-0.25, -0.2) is 0 Å². The summed E-state index contributed by atoms with van der Waals surface area (Å²) in [5.74, 6) is 0.969. The van der Waals surface area contributed by atoms with Crippen molar-refractivity contribution in [1.29, 1.82) is 0 Å². The fourth-order valence-corrected chi connectivity index (χ4v) is 1.33. The van der Waals surface area contributed by atoms with Crippen LogP contribution in [-0.2, 0) is 0 Å². The molecule has 0 atom stereocenters. The van der Waals surface area contributed by atoms with Crippen LogP contribution < -0.4 is 5.32 Å². The van der Waals surface area contributed by atoms with E-state index in [1.165, 1.54) is 19.3 Å². The molecule has 60 valence electrons. The number of anilines is 1. The summed E-state index contributed by atoms with van der Waals surface area (Å²) in [5.41, 5.74) is 0. The first-order valence-electron chi connectivity index (χ1n) is 4.13. The molecule has 1 N–H and O–H groups in total. The molecule has 11 heavy (non-hydrogen) atoms. The highest BCUT2D eigenvalue weighted by molar-refractivity contribution is 5.30. The van der Waals surface area contributed by atoms with E-state index in [0.717, 1.165) is 5.82 Å². The van der Waals surface area contributed by atoms with Crippen LogP contribution in [0, 0.1) is 0 Å². The quantitative estimate of drug-likeness (QED) is 0.696. The van der Waals surface area contributed by atoms with E-state index in [4.69, 9.17) is 0 Å². The minimum atomic E-state index is 0.678. The predicted octanol–water partition coefficient (Wildman–Crippen LogP) is 1.65. The molecule has 1 heterocycles. The van der Waals surface area contributed by atoms with E-state index < -0.39 is 0 Å². The van der Waals surface area contributed by atoms with E-state index in [9.17, 15) is 0 Å². The predicted molar refractivity (Wildman–Crippen MR) is 44.7 cm³/mol. The van der Waals surface area contributed by atoms with E-state index in [0.29, 0.717) is 6.04 Å². The van der Waals surface area contributed by atoms with Crippen molar-refractivity contribution >= 4 is 5.82 Å². The summed E-state index contributed by atoms with van der Waals surface area (Å²) in [4.78, 5) is 0. The van der Waals surface area contributed by atoms with E-state index >= 15 is 0 Å². The average Bonchev–Trinajstić information content (AvgIpc) is 2.32. The van der Waals surface area contributed by atoms with E-state index in [1.807, 2.05) is 13.1 Å². The Labute approximate surface area is 66.4 Å². The fraction of sp³-hybridized carbons (Fsp3) is 0.625. The molecule has 1 aliphatic rings. The van der Waals surface area contributed by atoms with Crippen LogP contribution in [-0.4, -0.2) is 16.8 Å². The van der Waals surface area contributed by atoms with Gasteiger partial charge in [-0.3, -0.25) is 4.68 Å². The summed E-state index contributed by atoms with van der Waals surface area (Å²) in [6, 6.07) is 2.69. The third-order valence-electron chi connectivity index (χ3n) is 2.31. The molecular weight excluding hydrogens is 138 g/mol. The topological polar surface area (TPSA) is 29.9 Å². The van der Waals surface area contributed by atoms with Crippen molar-refractivity contribution in [2.75, 3.05) is 12.4 Å². The second kappa shape index (κ2) is 2.57. The van der Waals surface area contributed by atoms with Gasteiger partial charge in [0.25, 0.3) is 0 Å². The number of nitrogens with zero attached hydrogens (tertiary/aromatic N) is 2. The molecule has 1 aromatic rings. The molecule has 0 amide bonds. The van der Waals surface area contributed by atoms with Crippen molar-refractivity contribution in [2.24, 2.45) is 0 Å². The highest BCUT2D eigenvalue weighted by Crippen LogP contribution is 2.30. The normalized spacial score (nSPS) is 17.9. The van der Waals surface area contributed by atoms with Crippen molar-refractivity contribution in [1.82, 2.24) is 9.78 Å². The lowest BCUT2D eigenvalue weighted by atomic mass is 9.93.